The van der Waals surface area contributed by atoms with E-state index in [9.17, 15) is 0 Å². The zero-order valence-corrected chi connectivity index (χ0v) is 4.68. The zero-order valence-electron chi connectivity index (χ0n) is 4.68. The highest BCUT2D eigenvalue weighted by atomic mass is 14.7. The molecular weight excluding hydrogens is 98.9 g/mol. The Bertz CT molecular complexity index is 164. The van der Waals surface area contributed by atoms with E-state index in [1.807, 2.05) is 6.07 Å². The van der Waals surface area contributed by atoms with E-state index >= 15 is 0 Å². The Balaban J connectivity index is 4.33. The Morgan fingerprint density at radius 1 is 1.88 bits per heavy atom. The summed E-state index contributed by atoms with van der Waals surface area (Å²) in [6.07, 6.45) is 0. The lowest BCUT2D eigenvalue weighted by Crippen LogP contribution is -1.79. The lowest BCUT2D eigenvalue weighted by atomic mass is 10.0. The van der Waals surface area contributed by atoms with Gasteiger partial charge in [-0.05, 0) is 19.2 Å². The van der Waals surface area contributed by atoms with Crippen LogP contribution in [0.4, 0.5) is 0 Å². The highest BCUT2D eigenvalue weighted by Gasteiger charge is 1.86. The van der Waals surface area contributed by atoms with Gasteiger partial charge in [0.05, 0.1) is 6.07 Å². The Kier molecular flexibility index (Phi) is 2.64. The lowest BCUT2D eigenvalue weighted by molar-refractivity contribution is 1.38. The molecule has 0 spiro atoms. The summed E-state index contributed by atoms with van der Waals surface area (Å²) in [7, 11) is 5.15. The monoisotopic (exact) mass is 104 g/mol. The number of hydrogen-bond acceptors (Lipinski definition) is 2. The smallest absolute Gasteiger partial charge is 0.143 e. The molecule has 0 aromatic heterocycles. The van der Waals surface area contributed by atoms with Crippen LogP contribution < -0.4 is 0 Å². The van der Waals surface area contributed by atoms with Gasteiger partial charge in [-0.1, -0.05) is 0 Å². The fraction of sp³-hybridized carbons (Fsp3) is 0.200. The first-order chi connectivity index (χ1) is 3.72. The number of hydrogen-bond donors (Lipinski definition) is 0. The van der Waals surface area contributed by atoms with Crippen molar-refractivity contribution in [3.05, 3.63) is 11.2 Å². The van der Waals surface area contributed by atoms with Crippen LogP contribution in [-0.4, -0.2) is 14.6 Å². The predicted octanol–water partition coefficient (Wildman–Crippen LogP) is 0.611. The molecule has 2 radical (unpaired) electrons. The molecular formula is C5H5BN2. The molecule has 0 aromatic carbocycles. The number of nitriles is 1. The molecule has 0 aliphatic heterocycles. The van der Waals surface area contributed by atoms with Gasteiger partial charge in [0, 0.05) is 5.57 Å². The highest BCUT2D eigenvalue weighted by molar-refractivity contribution is 6.22. The highest BCUT2D eigenvalue weighted by Crippen LogP contribution is 1.96. The minimum absolute atomic E-state index is 0.201. The Hall–Kier alpha value is -1.04. The van der Waals surface area contributed by atoms with Gasteiger partial charge in [0.2, 0.25) is 0 Å². The average Bonchev–Trinajstić information content (AvgIpc) is 1.84. The molecule has 0 saturated carbocycles. The van der Waals surface area contributed by atoms with E-state index in [4.69, 9.17) is 13.1 Å². The molecule has 0 aliphatic carbocycles. The second kappa shape index (κ2) is 3.03. The number of aliphatic imine (C=N–C) groups is 1. The summed E-state index contributed by atoms with van der Waals surface area (Å²) >= 11 is 0. The molecule has 2 nitrogen and oxygen atoms in total. The van der Waals surface area contributed by atoms with Gasteiger partial charge in [0.1, 0.15) is 7.85 Å². The summed E-state index contributed by atoms with van der Waals surface area (Å²) in [5, 5.41) is 8.16. The summed E-state index contributed by atoms with van der Waals surface area (Å²) in [6.45, 7) is 4.73. The SMILES string of the molecule is [B]/C(N=C)=C(\C)C#N. The van der Waals surface area contributed by atoms with Crippen molar-refractivity contribution in [1.29, 1.82) is 5.26 Å². The van der Waals surface area contributed by atoms with Gasteiger partial charge in [-0.2, -0.15) is 5.26 Å². The number of rotatable bonds is 1. The molecule has 38 valence electrons. The van der Waals surface area contributed by atoms with Crippen molar-refractivity contribution in [1.82, 2.24) is 0 Å². The topological polar surface area (TPSA) is 36.1 Å². The minimum atomic E-state index is 0.201. The van der Waals surface area contributed by atoms with Gasteiger partial charge in [-0.15, -0.1) is 0 Å². The zero-order chi connectivity index (χ0) is 6.57. The molecule has 0 atom stereocenters. The van der Waals surface area contributed by atoms with Gasteiger partial charge in [-0.25, -0.2) is 0 Å². The quantitative estimate of drug-likeness (QED) is 0.272. The van der Waals surface area contributed by atoms with E-state index in [1.165, 1.54) is 0 Å². The lowest BCUT2D eigenvalue weighted by Gasteiger charge is -1.87. The Morgan fingerprint density at radius 3 is 2.50 bits per heavy atom. The van der Waals surface area contributed by atoms with Crippen LogP contribution in [0.5, 0.6) is 0 Å². The van der Waals surface area contributed by atoms with E-state index in [-0.39, 0.29) is 5.60 Å². The fourth-order valence-corrected chi connectivity index (χ4v) is 0.176. The summed E-state index contributed by atoms with van der Waals surface area (Å²) < 4.78 is 0. The number of allylic oxidation sites excluding steroid dienone is 1. The van der Waals surface area contributed by atoms with Crippen LogP contribution in [0.2, 0.25) is 0 Å². The number of nitrogens with zero attached hydrogens (tertiary/aromatic N) is 2. The first-order valence-electron chi connectivity index (χ1n) is 2.05. The van der Waals surface area contributed by atoms with Crippen LogP contribution >= 0.6 is 0 Å². The summed E-state index contributed by atoms with van der Waals surface area (Å²) in [6, 6.07) is 1.84. The van der Waals surface area contributed by atoms with E-state index < -0.39 is 0 Å². The van der Waals surface area contributed by atoms with Crippen LogP contribution in [0.1, 0.15) is 6.92 Å². The maximum Gasteiger partial charge on any atom is 0.143 e. The molecule has 0 saturated heterocycles. The first-order valence-corrected chi connectivity index (χ1v) is 2.05. The van der Waals surface area contributed by atoms with Gasteiger partial charge in [0.15, 0.2) is 0 Å². The maximum absolute atomic E-state index is 8.16. The van der Waals surface area contributed by atoms with Crippen LogP contribution in [0.15, 0.2) is 16.2 Å². The molecule has 0 bridgehead atoms. The molecule has 0 unspecified atom stereocenters. The molecule has 0 rings (SSSR count). The van der Waals surface area contributed by atoms with E-state index in [0.717, 1.165) is 0 Å². The molecule has 8 heavy (non-hydrogen) atoms. The largest absolute Gasteiger partial charge is 0.280 e. The van der Waals surface area contributed by atoms with E-state index in [1.54, 1.807) is 6.92 Å². The van der Waals surface area contributed by atoms with Crippen molar-refractivity contribution >= 4 is 14.6 Å². The van der Waals surface area contributed by atoms with E-state index in [2.05, 4.69) is 11.7 Å². The van der Waals surface area contributed by atoms with Gasteiger partial charge >= 0.3 is 0 Å². The summed E-state index contributed by atoms with van der Waals surface area (Å²) in [5.74, 6) is 0. The van der Waals surface area contributed by atoms with Crippen LogP contribution in [0.25, 0.3) is 0 Å². The van der Waals surface area contributed by atoms with Crippen molar-refractivity contribution in [3.8, 4) is 6.07 Å². The van der Waals surface area contributed by atoms with Crippen molar-refractivity contribution < 1.29 is 0 Å². The second-order valence-electron chi connectivity index (χ2n) is 1.28. The van der Waals surface area contributed by atoms with Crippen molar-refractivity contribution in [2.24, 2.45) is 4.99 Å². The third-order valence-electron chi connectivity index (χ3n) is 0.722. The van der Waals surface area contributed by atoms with Crippen LogP contribution in [0.3, 0.4) is 0 Å². The summed E-state index contributed by atoms with van der Waals surface area (Å²) in [4.78, 5) is 3.34. The van der Waals surface area contributed by atoms with Gasteiger partial charge in [0.25, 0.3) is 0 Å². The van der Waals surface area contributed by atoms with Crippen LogP contribution in [-0.2, 0) is 0 Å². The maximum atomic E-state index is 8.16. The standard InChI is InChI=1S/C5H5BN2/c1-4(3-7)5(6)8-2/h2H2,1H3/b5-4-. The third kappa shape index (κ3) is 1.61. The van der Waals surface area contributed by atoms with E-state index in [0.29, 0.717) is 5.57 Å². The minimum Gasteiger partial charge on any atom is -0.280 e. The first kappa shape index (κ1) is 6.96. The molecule has 0 amide bonds. The third-order valence-corrected chi connectivity index (χ3v) is 0.722. The van der Waals surface area contributed by atoms with Crippen molar-refractivity contribution in [3.63, 3.8) is 0 Å². The van der Waals surface area contributed by atoms with Gasteiger partial charge < -0.3 is 0 Å². The summed E-state index contributed by atoms with van der Waals surface area (Å²) in [5.41, 5.74) is 0.604. The van der Waals surface area contributed by atoms with Gasteiger partial charge in [-0.3, -0.25) is 4.99 Å². The molecule has 0 fully saturated rings. The molecule has 0 heterocycles. The molecule has 0 N–H and O–H groups in total. The Labute approximate surface area is 49.9 Å². The van der Waals surface area contributed by atoms with Crippen molar-refractivity contribution in [2.75, 3.05) is 0 Å². The molecule has 3 heteroatoms. The average molecular weight is 104 g/mol. The molecule has 0 aromatic rings. The fourth-order valence-electron chi connectivity index (χ4n) is 0.176. The van der Waals surface area contributed by atoms with Crippen LogP contribution in [0, 0.1) is 11.3 Å². The predicted molar refractivity (Wildman–Crippen MR) is 33.6 cm³/mol. The second-order valence-corrected chi connectivity index (χ2v) is 1.28. The van der Waals surface area contributed by atoms with Crippen molar-refractivity contribution in [2.45, 2.75) is 6.92 Å². The normalized spacial score (nSPS) is 11.5. The Morgan fingerprint density at radius 2 is 2.38 bits per heavy atom. The molecule has 0 aliphatic rings.